The van der Waals surface area contributed by atoms with Crippen LogP contribution in [0.2, 0.25) is 0 Å². The summed E-state index contributed by atoms with van der Waals surface area (Å²) in [7, 11) is 0. The van der Waals surface area contributed by atoms with E-state index >= 15 is 0 Å². The van der Waals surface area contributed by atoms with Gasteiger partial charge in [0.1, 0.15) is 17.8 Å². The average molecular weight is 323 g/mol. The van der Waals surface area contributed by atoms with Gasteiger partial charge in [0.15, 0.2) is 11.6 Å². The van der Waals surface area contributed by atoms with E-state index in [1.807, 2.05) is 24.3 Å². The van der Waals surface area contributed by atoms with E-state index in [1.54, 1.807) is 6.26 Å². The van der Waals surface area contributed by atoms with E-state index in [4.69, 9.17) is 10.2 Å². The molecular weight excluding hydrogens is 302 g/mol. The Morgan fingerprint density at radius 2 is 1.83 bits per heavy atom. The molecule has 0 spiro atoms. The molecule has 0 bridgehead atoms. The molecule has 3 aromatic rings. The van der Waals surface area contributed by atoms with E-state index < -0.39 is 0 Å². The normalized spacial score (nSPS) is 10.8. The van der Waals surface area contributed by atoms with Crippen molar-refractivity contribution < 1.29 is 4.42 Å². The van der Waals surface area contributed by atoms with E-state index in [-0.39, 0.29) is 0 Å². The Hall–Kier alpha value is -3.02. The second-order valence-electron chi connectivity index (χ2n) is 5.82. The van der Waals surface area contributed by atoms with Crippen molar-refractivity contribution in [3.05, 3.63) is 60.3 Å². The molecule has 6 heteroatoms. The van der Waals surface area contributed by atoms with Gasteiger partial charge in [-0.15, -0.1) is 0 Å². The summed E-state index contributed by atoms with van der Waals surface area (Å²) < 4.78 is 5.29. The smallest absolute Gasteiger partial charge is 0.159 e. The fourth-order valence-electron chi connectivity index (χ4n) is 2.31. The van der Waals surface area contributed by atoms with Crippen LogP contribution < -0.4 is 16.4 Å². The van der Waals surface area contributed by atoms with Crippen LogP contribution >= 0.6 is 0 Å². The lowest BCUT2D eigenvalue weighted by Crippen LogP contribution is -2.07. The van der Waals surface area contributed by atoms with E-state index in [0.717, 1.165) is 11.4 Å². The first-order chi connectivity index (χ1) is 11.6. The van der Waals surface area contributed by atoms with Gasteiger partial charge in [-0.25, -0.2) is 9.97 Å². The fourth-order valence-corrected chi connectivity index (χ4v) is 2.31. The third-order valence-corrected chi connectivity index (χ3v) is 3.73. The van der Waals surface area contributed by atoms with Crippen LogP contribution in [-0.2, 0) is 6.54 Å². The van der Waals surface area contributed by atoms with E-state index in [1.165, 1.54) is 11.9 Å². The maximum Gasteiger partial charge on any atom is 0.159 e. The molecule has 0 unspecified atom stereocenters. The molecule has 0 atom stereocenters. The lowest BCUT2D eigenvalue weighted by molar-refractivity contribution is 0.518. The van der Waals surface area contributed by atoms with Crippen molar-refractivity contribution in [3.8, 4) is 0 Å². The van der Waals surface area contributed by atoms with Crippen LogP contribution in [0.15, 0.2) is 53.4 Å². The predicted octanol–water partition coefficient (Wildman–Crippen LogP) is 4.13. The summed E-state index contributed by atoms with van der Waals surface area (Å²) in [6.45, 7) is 4.85. The Labute approximate surface area is 141 Å². The zero-order valence-corrected chi connectivity index (χ0v) is 13.8. The summed E-state index contributed by atoms with van der Waals surface area (Å²) in [4.78, 5) is 8.41. The van der Waals surface area contributed by atoms with Crippen LogP contribution in [0.5, 0.6) is 0 Å². The SMILES string of the molecule is CC(C)c1ccc(Nc2ncnc(NCc3ccco3)c2N)cc1. The first-order valence-electron chi connectivity index (χ1n) is 7.87. The zero-order valence-electron chi connectivity index (χ0n) is 13.8. The van der Waals surface area contributed by atoms with Crippen molar-refractivity contribution in [2.75, 3.05) is 16.4 Å². The van der Waals surface area contributed by atoms with Gasteiger partial charge in [0.2, 0.25) is 0 Å². The quantitative estimate of drug-likeness (QED) is 0.632. The summed E-state index contributed by atoms with van der Waals surface area (Å²) in [5, 5.41) is 6.39. The molecule has 0 aliphatic rings. The maximum atomic E-state index is 6.17. The average Bonchev–Trinajstić information content (AvgIpc) is 3.09. The Bertz CT molecular complexity index is 782. The van der Waals surface area contributed by atoms with Crippen LogP contribution in [0.3, 0.4) is 0 Å². The van der Waals surface area contributed by atoms with Crippen molar-refractivity contribution >= 4 is 23.0 Å². The molecule has 124 valence electrons. The van der Waals surface area contributed by atoms with Crippen LogP contribution in [0.4, 0.5) is 23.0 Å². The van der Waals surface area contributed by atoms with Crippen molar-refractivity contribution in [1.82, 2.24) is 9.97 Å². The van der Waals surface area contributed by atoms with Crippen molar-refractivity contribution in [3.63, 3.8) is 0 Å². The molecular formula is C18H21N5O. The minimum Gasteiger partial charge on any atom is -0.467 e. The number of aromatic nitrogens is 2. The third kappa shape index (κ3) is 3.65. The van der Waals surface area contributed by atoms with Gasteiger partial charge in [-0.2, -0.15) is 0 Å². The van der Waals surface area contributed by atoms with Gasteiger partial charge in [-0.05, 0) is 35.7 Å². The molecule has 0 saturated carbocycles. The highest BCUT2D eigenvalue weighted by molar-refractivity contribution is 5.77. The van der Waals surface area contributed by atoms with E-state index in [2.05, 4.69) is 46.6 Å². The highest BCUT2D eigenvalue weighted by Gasteiger charge is 2.09. The largest absolute Gasteiger partial charge is 0.467 e. The lowest BCUT2D eigenvalue weighted by Gasteiger charge is -2.13. The summed E-state index contributed by atoms with van der Waals surface area (Å²) >= 11 is 0. The fraction of sp³-hybridized carbons (Fsp3) is 0.222. The van der Waals surface area contributed by atoms with Gasteiger partial charge in [-0.1, -0.05) is 26.0 Å². The third-order valence-electron chi connectivity index (χ3n) is 3.73. The number of hydrogen-bond donors (Lipinski definition) is 3. The molecule has 2 heterocycles. The molecule has 24 heavy (non-hydrogen) atoms. The number of benzene rings is 1. The summed E-state index contributed by atoms with van der Waals surface area (Å²) in [5.41, 5.74) is 8.86. The lowest BCUT2D eigenvalue weighted by atomic mass is 10.0. The second-order valence-corrected chi connectivity index (χ2v) is 5.82. The molecule has 0 radical (unpaired) electrons. The van der Waals surface area contributed by atoms with Gasteiger partial charge in [0, 0.05) is 5.69 Å². The van der Waals surface area contributed by atoms with Crippen molar-refractivity contribution in [2.45, 2.75) is 26.3 Å². The van der Waals surface area contributed by atoms with Gasteiger partial charge < -0.3 is 20.8 Å². The number of nitrogen functional groups attached to an aromatic ring is 1. The molecule has 0 aliphatic heterocycles. The first-order valence-corrected chi connectivity index (χ1v) is 7.87. The maximum absolute atomic E-state index is 6.17. The Morgan fingerprint density at radius 1 is 1.08 bits per heavy atom. The van der Waals surface area contributed by atoms with E-state index in [0.29, 0.717) is 29.8 Å². The predicted molar refractivity (Wildman–Crippen MR) is 96.3 cm³/mol. The number of anilines is 4. The molecule has 2 aromatic heterocycles. The highest BCUT2D eigenvalue weighted by atomic mass is 16.3. The van der Waals surface area contributed by atoms with Gasteiger partial charge >= 0.3 is 0 Å². The standard InChI is InChI=1S/C18H21N5O/c1-12(2)13-5-7-14(8-6-13)23-18-16(19)17(21-11-22-18)20-10-15-4-3-9-24-15/h3-9,11-12H,10,19H2,1-2H3,(H2,20,21,22,23). The summed E-state index contributed by atoms with van der Waals surface area (Å²) in [6, 6.07) is 12.0. The Balaban J connectivity index is 1.72. The number of hydrogen-bond acceptors (Lipinski definition) is 6. The number of nitrogens with one attached hydrogen (secondary N) is 2. The number of nitrogens with zero attached hydrogens (tertiary/aromatic N) is 2. The van der Waals surface area contributed by atoms with Crippen molar-refractivity contribution in [2.24, 2.45) is 0 Å². The molecule has 0 fully saturated rings. The van der Waals surface area contributed by atoms with Gasteiger partial charge in [0.25, 0.3) is 0 Å². The zero-order chi connectivity index (χ0) is 16.9. The molecule has 0 amide bonds. The topological polar surface area (TPSA) is 89.0 Å². The van der Waals surface area contributed by atoms with Gasteiger partial charge in [-0.3, -0.25) is 0 Å². The monoisotopic (exact) mass is 323 g/mol. The van der Waals surface area contributed by atoms with Gasteiger partial charge in [0.05, 0.1) is 12.8 Å². The first kappa shape index (κ1) is 15.9. The molecule has 6 nitrogen and oxygen atoms in total. The Kier molecular flexibility index (Phi) is 4.65. The Morgan fingerprint density at radius 3 is 2.50 bits per heavy atom. The minimum atomic E-state index is 0.469. The second kappa shape index (κ2) is 7.04. The number of rotatable bonds is 6. The van der Waals surface area contributed by atoms with Crippen molar-refractivity contribution in [1.29, 1.82) is 0 Å². The van der Waals surface area contributed by atoms with Crippen LogP contribution in [0.25, 0.3) is 0 Å². The molecule has 0 aliphatic carbocycles. The molecule has 3 rings (SSSR count). The molecule has 4 N–H and O–H groups in total. The molecule has 1 aromatic carbocycles. The van der Waals surface area contributed by atoms with Crippen LogP contribution in [0, 0.1) is 0 Å². The highest BCUT2D eigenvalue weighted by Crippen LogP contribution is 2.27. The minimum absolute atomic E-state index is 0.469. The van der Waals surface area contributed by atoms with Crippen LogP contribution in [0.1, 0.15) is 31.1 Å². The van der Waals surface area contributed by atoms with Crippen LogP contribution in [-0.4, -0.2) is 9.97 Å². The number of nitrogens with two attached hydrogens (primary N) is 1. The summed E-state index contributed by atoms with van der Waals surface area (Å²) in [6.07, 6.45) is 3.11. The molecule has 0 saturated heterocycles. The number of furan rings is 1. The summed E-state index contributed by atoms with van der Waals surface area (Å²) in [5.74, 6) is 2.46. The van der Waals surface area contributed by atoms with E-state index in [9.17, 15) is 0 Å².